The molecule has 1 saturated heterocycles. The second kappa shape index (κ2) is 11.3. The maximum Gasteiger partial charge on any atom is 0.226 e. The fourth-order valence-electron chi connectivity index (χ4n) is 3.46. The molecule has 0 saturated carbocycles. The van der Waals surface area contributed by atoms with Crippen molar-refractivity contribution >= 4 is 11.6 Å². The molecule has 1 fully saturated rings. The molecule has 31 heavy (non-hydrogen) atoms. The van der Waals surface area contributed by atoms with Crippen LogP contribution in [0.3, 0.4) is 0 Å². The molecule has 2 aromatic rings. The molecular formula is C21H28ClFN2O6. The molecule has 172 valence electrons. The second-order valence-electron chi connectivity index (χ2n) is 7.72. The van der Waals surface area contributed by atoms with Gasteiger partial charge in [-0.25, -0.2) is 9.37 Å². The van der Waals surface area contributed by atoms with E-state index in [2.05, 4.69) is 4.98 Å². The molecule has 2 heterocycles. The Hall–Kier alpha value is -1.59. The van der Waals surface area contributed by atoms with Crippen LogP contribution in [0.15, 0.2) is 28.9 Å². The summed E-state index contributed by atoms with van der Waals surface area (Å²) in [5, 5.41) is 39.2. The predicted molar refractivity (Wildman–Crippen MR) is 111 cm³/mol. The van der Waals surface area contributed by atoms with Crippen molar-refractivity contribution in [1.29, 1.82) is 0 Å². The Bertz CT molecular complexity index is 822. The van der Waals surface area contributed by atoms with Crippen LogP contribution in [0.5, 0.6) is 0 Å². The van der Waals surface area contributed by atoms with Crippen LogP contribution in [0.25, 0.3) is 11.5 Å². The highest BCUT2D eigenvalue weighted by atomic mass is 35.5. The Balaban J connectivity index is 1.32. The van der Waals surface area contributed by atoms with Crippen LogP contribution in [-0.2, 0) is 11.2 Å². The van der Waals surface area contributed by atoms with Crippen LogP contribution in [0.1, 0.15) is 18.5 Å². The number of oxazole rings is 1. The van der Waals surface area contributed by atoms with Gasteiger partial charge in [0, 0.05) is 31.7 Å². The van der Waals surface area contributed by atoms with Crippen molar-refractivity contribution in [3.63, 3.8) is 0 Å². The van der Waals surface area contributed by atoms with Gasteiger partial charge in [0.15, 0.2) is 0 Å². The largest absolute Gasteiger partial charge is 0.444 e. The first-order valence-electron chi connectivity index (χ1n) is 10.3. The van der Waals surface area contributed by atoms with Crippen molar-refractivity contribution in [2.24, 2.45) is 0 Å². The molecule has 1 aromatic heterocycles. The van der Waals surface area contributed by atoms with Crippen molar-refractivity contribution in [3.05, 3.63) is 41.0 Å². The number of hydrogen-bond acceptors (Lipinski definition) is 8. The molecule has 0 unspecified atom stereocenters. The normalized spacial score (nSPS) is 25.0. The number of hydrogen-bond donors (Lipinski definition) is 4. The van der Waals surface area contributed by atoms with E-state index < -0.39 is 30.2 Å². The Labute approximate surface area is 184 Å². The van der Waals surface area contributed by atoms with Gasteiger partial charge < -0.3 is 29.6 Å². The molecule has 0 spiro atoms. The first-order valence-corrected chi connectivity index (χ1v) is 10.6. The van der Waals surface area contributed by atoms with Crippen molar-refractivity contribution in [2.45, 2.75) is 43.7 Å². The number of aromatic nitrogens is 1. The number of ether oxygens (including phenoxy) is 1. The molecule has 3 rings (SSSR count). The highest BCUT2D eigenvalue weighted by molar-refractivity contribution is 6.30. The van der Waals surface area contributed by atoms with E-state index in [9.17, 15) is 24.8 Å². The molecule has 1 aliphatic heterocycles. The Morgan fingerprint density at radius 2 is 1.81 bits per heavy atom. The summed E-state index contributed by atoms with van der Waals surface area (Å²) in [6, 6.07) is 4.37. The van der Waals surface area contributed by atoms with Crippen LogP contribution < -0.4 is 0 Å². The summed E-state index contributed by atoms with van der Waals surface area (Å²) in [7, 11) is 0. The zero-order valence-electron chi connectivity index (χ0n) is 17.0. The standard InChI is InChI=1S/C21H28ClFN2O6/c22-15-4-3-13(9-16(15)23)21-24-14(12-31-21)5-8-30-7-2-1-6-25-10-17(26)19(28)20(29)18(27)11-25/h3-4,9,12,17-20,26-29H,1-2,5-8,10-11H2/t17-,18-,19+,20+/m0/s1. The Kier molecular flexibility index (Phi) is 8.79. The quantitative estimate of drug-likeness (QED) is 0.414. The van der Waals surface area contributed by atoms with Gasteiger partial charge in [-0.2, -0.15) is 0 Å². The molecule has 4 N–H and O–H groups in total. The van der Waals surface area contributed by atoms with Gasteiger partial charge in [-0.1, -0.05) is 11.6 Å². The lowest BCUT2D eigenvalue weighted by molar-refractivity contribution is -0.0894. The molecular weight excluding hydrogens is 431 g/mol. The summed E-state index contributed by atoms with van der Waals surface area (Å²) in [5.74, 6) is -0.207. The minimum Gasteiger partial charge on any atom is -0.444 e. The minimum absolute atomic E-state index is 0.0438. The Morgan fingerprint density at radius 3 is 2.48 bits per heavy atom. The molecule has 4 atom stereocenters. The summed E-state index contributed by atoms with van der Waals surface area (Å²) in [6.07, 6.45) is -1.26. The second-order valence-corrected chi connectivity index (χ2v) is 8.13. The topological polar surface area (TPSA) is 119 Å². The van der Waals surface area contributed by atoms with Crippen LogP contribution in [0.4, 0.5) is 4.39 Å². The zero-order chi connectivity index (χ0) is 22.4. The summed E-state index contributed by atoms with van der Waals surface area (Å²) in [6.45, 7) is 2.00. The van der Waals surface area contributed by atoms with Gasteiger partial charge in [-0.3, -0.25) is 4.90 Å². The van der Waals surface area contributed by atoms with Crippen molar-refractivity contribution in [1.82, 2.24) is 9.88 Å². The third-order valence-electron chi connectivity index (χ3n) is 5.26. The molecule has 1 aromatic carbocycles. The molecule has 8 nitrogen and oxygen atoms in total. The van der Waals surface area contributed by atoms with Crippen molar-refractivity contribution < 1.29 is 34.0 Å². The first-order chi connectivity index (χ1) is 14.8. The smallest absolute Gasteiger partial charge is 0.226 e. The first kappa shape index (κ1) is 24.1. The maximum atomic E-state index is 13.6. The van der Waals surface area contributed by atoms with Crippen LogP contribution in [-0.4, -0.2) is 87.6 Å². The number of likely N-dealkylation sites (tertiary alicyclic amines) is 1. The van der Waals surface area contributed by atoms with E-state index in [0.717, 1.165) is 12.8 Å². The number of halogens is 2. The van der Waals surface area contributed by atoms with Gasteiger partial charge in [0.1, 0.15) is 24.3 Å². The van der Waals surface area contributed by atoms with E-state index in [1.165, 1.54) is 18.4 Å². The molecule has 0 aliphatic carbocycles. The fourth-order valence-corrected chi connectivity index (χ4v) is 3.58. The third-order valence-corrected chi connectivity index (χ3v) is 5.57. The van der Waals surface area contributed by atoms with Gasteiger partial charge in [0.05, 0.1) is 29.5 Å². The molecule has 0 amide bonds. The fraction of sp³-hybridized carbons (Fsp3) is 0.571. The number of aliphatic hydroxyl groups excluding tert-OH is 4. The lowest BCUT2D eigenvalue weighted by Crippen LogP contribution is -2.43. The van der Waals surface area contributed by atoms with E-state index in [0.29, 0.717) is 43.3 Å². The van der Waals surface area contributed by atoms with Gasteiger partial charge in [0.25, 0.3) is 0 Å². The van der Waals surface area contributed by atoms with Crippen molar-refractivity contribution in [3.8, 4) is 11.5 Å². The van der Waals surface area contributed by atoms with E-state index in [4.69, 9.17) is 20.8 Å². The molecule has 0 radical (unpaired) electrons. The average Bonchev–Trinajstić information content (AvgIpc) is 3.19. The summed E-state index contributed by atoms with van der Waals surface area (Å²) in [5.41, 5.74) is 1.22. The molecule has 10 heteroatoms. The lowest BCUT2D eigenvalue weighted by atomic mass is 10.1. The van der Waals surface area contributed by atoms with Crippen LogP contribution in [0, 0.1) is 5.82 Å². The summed E-state index contributed by atoms with van der Waals surface area (Å²) in [4.78, 5) is 6.16. The number of unbranched alkanes of at least 4 members (excludes halogenated alkanes) is 1. The summed E-state index contributed by atoms with van der Waals surface area (Å²) < 4.78 is 24.6. The number of benzene rings is 1. The van der Waals surface area contributed by atoms with Gasteiger partial charge in [-0.15, -0.1) is 0 Å². The number of aliphatic hydroxyl groups is 4. The monoisotopic (exact) mass is 458 g/mol. The minimum atomic E-state index is -1.35. The lowest BCUT2D eigenvalue weighted by Gasteiger charge is -2.23. The van der Waals surface area contributed by atoms with Gasteiger partial charge in [-0.05, 0) is 37.6 Å². The van der Waals surface area contributed by atoms with Crippen molar-refractivity contribution in [2.75, 3.05) is 32.8 Å². The third kappa shape index (κ3) is 6.69. The summed E-state index contributed by atoms with van der Waals surface area (Å²) >= 11 is 5.68. The predicted octanol–water partition coefficient (Wildman–Crippen LogP) is 1.23. The average molecular weight is 459 g/mol. The van der Waals surface area contributed by atoms with E-state index in [-0.39, 0.29) is 18.1 Å². The number of rotatable bonds is 9. The highest BCUT2D eigenvalue weighted by Crippen LogP contribution is 2.24. The van der Waals surface area contributed by atoms with Gasteiger partial charge >= 0.3 is 0 Å². The zero-order valence-corrected chi connectivity index (χ0v) is 17.8. The molecule has 1 aliphatic rings. The van der Waals surface area contributed by atoms with E-state index >= 15 is 0 Å². The number of nitrogens with zero attached hydrogens (tertiary/aromatic N) is 2. The van der Waals surface area contributed by atoms with Crippen LogP contribution >= 0.6 is 11.6 Å². The number of β-amino-alcohol motifs (C(OH)–C–C–N with tert-alkyl or cyclic N) is 2. The SMILES string of the molecule is O[C@H]1[C@H](O)[C@@H](O)CN(CCCCOCCc2coc(-c3ccc(Cl)c(F)c3)n2)C[C@@H]1O. The van der Waals surface area contributed by atoms with Gasteiger partial charge in [0.2, 0.25) is 5.89 Å². The Morgan fingerprint density at radius 1 is 1.10 bits per heavy atom. The van der Waals surface area contributed by atoms with E-state index in [1.54, 1.807) is 6.07 Å². The highest BCUT2D eigenvalue weighted by Gasteiger charge is 2.35. The van der Waals surface area contributed by atoms with E-state index in [1.807, 2.05) is 4.90 Å². The maximum absolute atomic E-state index is 13.6. The van der Waals surface area contributed by atoms with Crippen LogP contribution in [0.2, 0.25) is 5.02 Å². The molecule has 0 bridgehead atoms.